The highest BCUT2D eigenvalue weighted by atomic mass is 35.5. The molecule has 0 aliphatic rings. The predicted octanol–water partition coefficient (Wildman–Crippen LogP) is 4.46. The second-order valence-electron chi connectivity index (χ2n) is 5.07. The van der Waals surface area contributed by atoms with E-state index in [-0.39, 0.29) is 27.7 Å². The molecule has 2 rings (SSSR count). The maximum absolute atomic E-state index is 11.8. The summed E-state index contributed by atoms with van der Waals surface area (Å²) in [5.41, 5.74) is 0.485. The van der Waals surface area contributed by atoms with Crippen molar-refractivity contribution in [2.24, 2.45) is 0 Å². The first kappa shape index (κ1) is 16.8. The first-order valence-corrected chi connectivity index (χ1v) is 7.15. The van der Waals surface area contributed by atoms with Gasteiger partial charge in [-0.15, -0.1) is 0 Å². The van der Waals surface area contributed by atoms with E-state index in [0.29, 0.717) is 10.8 Å². The van der Waals surface area contributed by atoms with Gasteiger partial charge in [-0.05, 0) is 31.4 Å². The molecule has 0 bridgehead atoms. The maximum Gasteiger partial charge on any atom is 0.338 e. The van der Waals surface area contributed by atoms with Crippen LogP contribution < -0.4 is 9.47 Å². The number of carbonyl (C=O) groups excluding carboxylic acids is 2. The van der Waals surface area contributed by atoms with Gasteiger partial charge in [-0.25, -0.2) is 9.59 Å². The van der Waals surface area contributed by atoms with Crippen LogP contribution in [0.25, 0.3) is 10.8 Å². The maximum atomic E-state index is 11.8. The Balaban J connectivity index is 2.62. The quantitative estimate of drug-likeness (QED) is 0.472. The molecule has 118 valence electrons. The van der Waals surface area contributed by atoms with Gasteiger partial charge in [-0.1, -0.05) is 43.0 Å². The molecule has 23 heavy (non-hydrogen) atoms. The van der Waals surface area contributed by atoms with E-state index >= 15 is 0 Å². The van der Waals surface area contributed by atoms with Crippen molar-refractivity contribution in [2.45, 2.75) is 13.8 Å². The lowest BCUT2D eigenvalue weighted by Gasteiger charge is -2.13. The normalized spacial score (nSPS) is 10.2. The molecule has 2 aromatic rings. The smallest absolute Gasteiger partial charge is 0.338 e. The summed E-state index contributed by atoms with van der Waals surface area (Å²) in [6.07, 6.45) is 0. The van der Waals surface area contributed by atoms with E-state index in [2.05, 4.69) is 13.2 Å². The third-order valence-corrected chi connectivity index (χ3v) is 3.30. The fourth-order valence-electron chi connectivity index (χ4n) is 1.84. The summed E-state index contributed by atoms with van der Waals surface area (Å²) in [7, 11) is 0. The standard InChI is InChI=1S/C18H15ClO4/c1-10(2)17(20)22-14-7-5-6-12-8-9-13(19)16(15(12)14)23-18(21)11(3)4/h5-9H,1,3H2,2,4H3. The van der Waals surface area contributed by atoms with Crippen LogP contribution >= 0.6 is 11.6 Å². The van der Waals surface area contributed by atoms with Gasteiger partial charge in [0.2, 0.25) is 0 Å². The number of carbonyl (C=O) groups is 2. The molecule has 0 heterocycles. The van der Waals surface area contributed by atoms with Crippen LogP contribution in [0.2, 0.25) is 5.02 Å². The Bertz CT molecular complexity index is 836. The lowest BCUT2D eigenvalue weighted by atomic mass is 10.1. The molecule has 0 saturated heterocycles. The van der Waals surface area contributed by atoms with Crippen molar-refractivity contribution in [1.82, 2.24) is 0 Å². The van der Waals surface area contributed by atoms with E-state index in [4.69, 9.17) is 21.1 Å². The lowest BCUT2D eigenvalue weighted by molar-refractivity contribution is -0.130. The van der Waals surface area contributed by atoms with Crippen molar-refractivity contribution < 1.29 is 19.1 Å². The molecule has 0 radical (unpaired) electrons. The summed E-state index contributed by atoms with van der Waals surface area (Å²) < 4.78 is 10.6. The number of benzene rings is 2. The minimum absolute atomic E-state index is 0.127. The Morgan fingerprint density at radius 2 is 1.57 bits per heavy atom. The van der Waals surface area contributed by atoms with Gasteiger partial charge in [-0.3, -0.25) is 0 Å². The Morgan fingerprint density at radius 1 is 0.957 bits per heavy atom. The van der Waals surface area contributed by atoms with Crippen molar-refractivity contribution in [2.75, 3.05) is 0 Å². The van der Waals surface area contributed by atoms with Crippen molar-refractivity contribution >= 4 is 34.3 Å². The van der Waals surface area contributed by atoms with Crippen LogP contribution in [0.4, 0.5) is 0 Å². The summed E-state index contributed by atoms with van der Waals surface area (Å²) in [5.74, 6) is -0.820. The molecule has 0 unspecified atom stereocenters. The molecule has 5 heteroatoms. The average Bonchev–Trinajstić information content (AvgIpc) is 2.49. The van der Waals surface area contributed by atoms with Gasteiger partial charge in [-0.2, -0.15) is 0 Å². The Morgan fingerprint density at radius 3 is 2.17 bits per heavy atom. The molecule has 0 aromatic heterocycles. The molecule has 0 spiro atoms. The van der Waals surface area contributed by atoms with E-state index in [1.165, 1.54) is 6.92 Å². The van der Waals surface area contributed by atoms with Gasteiger partial charge in [0.15, 0.2) is 5.75 Å². The molecule has 0 saturated carbocycles. The van der Waals surface area contributed by atoms with Gasteiger partial charge >= 0.3 is 11.9 Å². The van der Waals surface area contributed by atoms with Crippen LogP contribution in [0.3, 0.4) is 0 Å². The van der Waals surface area contributed by atoms with Crippen LogP contribution in [-0.4, -0.2) is 11.9 Å². The first-order valence-electron chi connectivity index (χ1n) is 6.78. The zero-order valence-electron chi connectivity index (χ0n) is 12.8. The molecule has 0 aliphatic carbocycles. The predicted molar refractivity (Wildman–Crippen MR) is 89.9 cm³/mol. The number of esters is 2. The first-order chi connectivity index (χ1) is 10.8. The minimum atomic E-state index is -0.611. The van der Waals surface area contributed by atoms with Gasteiger partial charge < -0.3 is 9.47 Å². The molecule has 0 atom stereocenters. The lowest BCUT2D eigenvalue weighted by Crippen LogP contribution is -2.11. The van der Waals surface area contributed by atoms with Crippen LogP contribution in [0, 0.1) is 0 Å². The number of hydrogen-bond donors (Lipinski definition) is 0. The monoisotopic (exact) mass is 330 g/mol. The van der Waals surface area contributed by atoms with Crippen LogP contribution in [0.15, 0.2) is 54.6 Å². The Kier molecular flexibility index (Phi) is 4.86. The fourth-order valence-corrected chi connectivity index (χ4v) is 2.04. The average molecular weight is 331 g/mol. The molecule has 0 aliphatic heterocycles. The van der Waals surface area contributed by atoms with E-state index in [1.54, 1.807) is 37.3 Å². The molecular formula is C18H15ClO4. The third-order valence-electron chi connectivity index (χ3n) is 3.01. The second kappa shape index (κ2) is 6.67. The minimum Gasteiger partial charge on any atom is -0.422 e. The van der Waals surface area contributed by atoms with Crippen LogP contribution in [0.1, 0.15) is 13.8 Å². The zero-order chi connectivity index (χ0) is 17.1. The molecule has 0 amide bonds. The number of fused-ring (bicyclic) bond motifs is 1. The largest absolute Gasteiger partial charge is 0.422 e. The highest BCUT2D eigenvalue weighted by molar-refractivity contribution is 6.33. The van der Waals surface area contributed by atoms with E-state index in [1.807, 2.05) is 0 Å². The van der Waals surface area contributed by atoms with E-state index in [9.17, 15) is 9.59 Å². The second-order valence-corrected chi connectivity index (χ2v) is 5.48. The molecule has 2 aromatic carbocycles. The fraction of sp³-hybridized carbons (Fsp3) is 0.111. The SMILES string of the molecule is C=C(C)C(=O)Oc1cccc2ccc(Cl)c(OC(=O)C(=C)C)c12. The summed E-state index contributed by atoms with van der Waals surface area (Å²) in [6, 6.07) is 8.46. The van der Waals surface area contributed by atoms with Gasteiger partial charge in [0.05, 0.1) is 10.4 Å². The van der Waals surface area contributed by atoms with Crippen molar-refractivity contribution in [3.63, 3.8) is 0 Å². The van der Waals surface area contributed by atoms with Crippen molar-refractivity contribution in [1.29, 1.82) is 0 Å². The number of rotatable bonds is 4. The molecule has 0 fully saturated rings. The summed E-state index contributed by atoms with van der Waals surface area (Å²) in [6.45, 7) is 10.2. The van der Waals surface area contributed by atoms with Gasteiger partial charge in [0, 0.05) is 11.1 Å². The van der Waals surface area contributed by atoms with Crippen molar-refractivity contribution in [3.05, 3.63) is 59.7 Å². The van der Waals surface area contributed by atoms with Gasteiger partial charge in [0.25, 0.3) is 0 Å². The van der Waals surface area contributed by atoms with E-state index < -0.39 is 11.9 Å². The highest BCUT2D eigenvalue weighted by Crippen LogP contribution is 2.39. The zero-order valence-corrected chi connectivity index (χ0v) is 13.6. The summed E-state index contributed by atoms with van der Waals surface area (Å²) in [4.78, 5) is 23.7. The topological polar surface area (TPSA) is 52.6 Å². The van der Waals surface area contributed by atoms with Crippen LogP contribution in [0.5, 0.6) is 11.5 Å². The number of halogens is 1. The van der Waals surface area contributed by atoms with Crippen molar-refractivity contribution in [3.8, 4) is 11.5 Å². The highest BCUT2D eigenvalue weighted by Gasteiger charge is 2.18. The molecule has 4 nitrogen and oxygen atoms in total. The van der Waals surface area contributed by atoms with Gasteiger partial charge in [0.1, 0.15) is 5.75 Å². The molecular weight excluding hydrogens is 316 g/mol. The summed E-state index contributed by atoms with van der Waals surface area (Å²) in [5, 5.41) is 1.38. The summed E-state index contributed by atoms with van der Waals surface area (Å²) >= 11 is 6.16. The number of hydrogen-bond acceptors (Lipinski definition) is 4. The Hall–Kier alpha value is -2.59. The third kappa shape index (κ3) is 3.60. The molecule has 0 N–H and O–H groups in total. The van der Waals surface area contributed by atoms with E-state index in [0.717, 1.165) is 0 Å². The number of ether oxygens (including phenoxy) is 2. The van der Waals surface area contributed by atoms with Crippen LogP contribution in [-0.2, 0) is 9.59 Å². The Labute approximate surface area is 139 Å².